The molecular weight excluding hydrogens is 232 g/mol. The van der Waals surface area contributed by atoms with Gasteiger partial charge < -0.3 is 5.11 Å². The second-order valence-electron chi connectivity index (χ2n) is 3.45. The number of halogens is 2. The van der Waals surface area contributed by atoms with Crippen LogP contribution in [0.3, 0.4) is 0 Å². The lowest BCUT2D eigenvalue weighted by atomic mass is 10.2. The average molecular weight is 243 g/mol. The number of benzene rings is 1. The SMILES string of the molecule is Cc1ccc(N(CC(=O)O)C(=O)C(F)F)cc1. The van der Waals surface area contributed by atoms with E-state index in [-0.39, 0.29) is 5.69 Å². The maximum absolute atomic E-state index is 12.3. The average Bonchev–Trinajstić information content (AvgIpc) is 2.26. The summed E-state index contributed by atoms with van der Waals surface area (Å²) in [5.41, 5.74) is 1.02. The standard InChI is InChI=1S/C11H11F2NO3/c1-7-2-4-8(5-3-7)14(6-9(15)16)11(17)10(12)13/h2-5,10H,6H2,1H3,(H,15,16). The summed E-state index contributed by atoms with van der Waals surface area (Å²) in [4.78, 5) is 22.3. The molecule has 0 aromatic heterocycles. The predicted molar refractivity (Wildman–Crippen MR) is 57.2 cm³/mol. The Morgan fingerprint density at radius 1 is 1.29 bits per heavy atom. The first-order chi connectivity index (χ1) is 7.91. The molecule has 6 heteroatoms. The Kier molecular flexibility index (Phi) is 4.14. The van der Waals surface area contributed by atoms with Gasteiger partial charge in [-0.2, -0.15) is 8.78 Å². The highest BCUT2D eigenvalue weighted by molar-refractivity contribution is 5.99. The van der Waals surface area contributed by atoms with E-state index in [2.05, 4.69) is 0 Å². The van der Waals surface area contributed by atoms with Crippen molar-refractivity contribution in [1.29, 1.82) is 0 Å². The summed E-state index contributed by atoms with van der Waals surface area (Å²) < 4.78 is 24.6. The van der Waals surface area contributed by atoms with Crippen LogP contribution in [0.4, 0.5) is 14.5 Å². The van der Waals surface area contributed by atoms with Crippen LogP contribution in [0.2, 0.25) is 0 Å². The molecule has 0 saturated heterocycles. The zero-order valence-electron chi connectivity index (χ0n) is 9.06. The Balaban J connectivity index is 3.01. The quantitative estimate of drug-likeness (QED) is 0.875. The molecule has 0 saturated carbocycles. The van der Waals surface area contributed by atoms with Crippen molar-refractivity contribution in [3.63, 3.8) is 0 Å². The van der Waals surface area contributed by atoms with Crippen LogP contribution in [0.25, 0.3) is 0 Å². The van der Waals surface area contributed by atoms with Gasteiger partial charge >= 0.3 is 12.4 Å². The smallest absolute Gasteiger partial charge is 0.323 e. The Morgan fingerprint density at radius 2 is 1.82 bits per heavy atom. The van der Waals surface area contributed by atoms with Gasteiger partial charge in [0.1, 0.15) is 6.54 Å². The number of carboxylic acids is 1. The molecular formula is C11H11F2NO3. The fourth-order valence-corrected chi connectivity index (χ4v) is 1.27. The summed E-state index contributed by atoms with van der Waals surface area (Å²) >= 11 is 0. The normalized spacial score (nSPS) is 10.4. The van der Waals surface area contributed by atoms with E-state index in [0.29, 0.717) is 4.90 Å². The van der Waals surface area contributed by atoms with Gasteiger partial charge in [0.25, 0.3) is 5.91 Å². The van der Waals surface area contributed by atoms with E-state index in [1.807, 2.05) is 0 Å². The van der Waals surface area contributed by atoms with Gasteiger partial charge in [-0.3, -0.25) is 14.5 Å². The molecule has 0 bridgehead atoms. The van der Waals surface area contributed by atoms with Gasteiger partial charge in [-0.25, -0.2) is 0 Å². The summed E-state index contributed by atoms with van der Waals surface area (Å²) in [7, 11) is 0. The molecule has 0 aliphatic carbocycles. The molecule has 0 unspecified atom stereocenters. The van der Waals surface area contributed by atoms with Crippen LogP contribution in [-0.4, -0.2) is 30.0 Å². The van der Waals surface area contributed by atoms with Crippen molar-refractivity contribution in [2.24, 2.45) is 0 Å². The van der Waals surface area contributed by atoms with Crippen molar-refractivity contribution in [3.05, 3.63) is 29.8 Å². The number of aliphatic carboxylic acids is 1. The summed E-state index contributed by atoms with van der Waals surface area (Å²) in [6, 6.07) is 6.09. The second kappa shape index (κ2) is 5.38. The van der Waals surface area contributed by atoms with Crippen molar-refractivity contribution in [3.8, 4) is 0 Å². The fraction of sp³-hybridized carbons (Fsp3) is 0.273. The number of amides is 1. The van der Waals surface area contributed by atoms with Crippen LogP contribution in [-0.2, 0) is 9.59 Å². The van der Waals surface area contributed by atoms with Gasteiger partial charge in [-0.1, -0.05) is 17.7 Å². The van der Waals surface area contributed by atoms with Crippen molar-refractivity contribution in [2.75, 3.05) is 11.4 Å². The number of alkyl halides is 2. The monoisotopic (exact) mass is 243 g/mol. The molecule has 1 N–H and O–H groups in total. The van der Waals surface area contributed by atoms with E-state index in [0.717, 1.165) is 5.56 Å². The highest BCUT2D eigenvalue weighted by Crippen LogP contribution is 2.17. The number of anilines is 1. The molecule has 0 heterocycles. The van der Waals surface area contributed by atoms with Crippen molar-refractivity contribution >= 4 is 17.6 Å². The third-order valence-corrected chi connectivity index (χ3v) is 2.09. The Morgan fingerprint density at radius 3 is 2.24 bits per heavy atom. The lowest BCUT2D eigenvalue weighted by Gasteiger charge is -2.20. The first kappa shape index (κ1) is 13.1. The lowest BCUT2D eigenvalue weighted by Crippen LogP contribution is -2.39. The number of hydrogen-bond donors (Lipinski definition) is 1. The molecule has 1 rings (SSSR count). The van der Waals surface area contributed by atoms with Crippen molar-refractivity contribution < 1.29 is 23.5 Å². The van der Waals surface area contributed by atoms with Crippen molar-refractivity contribution in [2.45, 2.75) is 13.3 Å². The predicted octanol–water partition coefficient (Wildman–Crippen LogP) is 1.68. The number of aryl methyl sites for hydroxylation is 1. The Bertz CT molecular complexity index is 417. The number of carboxylic acid groups (broad SMARTS) is 1. The number of carbonyl (C=O) groups excluding carboxylic acids is 1. The molecule has 4 nitrogen and oxygen atoms in total. The number of hydrogen-bond acceptors (Lipinski definition) is 2. The van der Waals surface area contributed by atoms with E-state index in [9.17, 15) is 18.4 Å². The fourth-order valence-electron chi connectivity index (χ4n) is 1.27. The molecule has 1 aromatic carbocycles. The first-order valence-electron chi connectivity index (χ1n) is 4.80. The Labute approximate surface area is 96.5 Å². The summed E-state index contributed by atoms with van der Waals surface area (Å²) in [5.74, 6) is -2.86. The van der Waals surface area contributed by atoms with Gasteiger partial charge in [-0.05, 0) is 19.1 Å². The summed E-state index contributed by atoms with van der Waals surface area (Å²) in [5, 5.41) is 8.59. The molecule has 1 aromatic rings. The minimum Gasteiger partial charge on any atom is -0.480 e. The van der Waals surface area contributed by atoms with E-state index in [1.165, 1.54) is 12.1 Å². The molecule has 1 amide bonds. The molecule has 17 heavy (non-hydrogen) atoms. The highest BCUT2D eigenvalue weighted by Gasteiger charge is 2.26. The van der Waals surface area contributed by atoms with Gasteiger partial charge in [0, 0.05) is 5.69 Å². The van der Waals surface area contributed by atoms with E-state index >= 15 is 0 Å². The van der Waals surface area contributed by atoms with Crippen molar-refractivity contribution in [1.82, 2.24) is 0 Å². The number of carbonyl (C=O) groups is 2. The minimum atomic E-state index is -3.23. The minimum absolute atomic E-state index is 0.142. The first-order valence-corrected chi connectivity index (χ1v) is 4.80. The Hall–Kier alpha value is -1.98. The largest absolute Gasteiger partial charge is 0.480 e. The molecule has 0 fully saturated rings. The van der Waals surface area contributed by atoms with Gasteiger partial charge in [0.05, 0.1) is 0 Å². The second-order valence-corrected chi connectivity index (χ2v) is 3.45. The van der Waals surface area contributed by atoms with Crippen LogP contribution in [0.1, 0.15) is 5.56 Å². The summed E-state index contributed by atoms with van der Waals surface area (Å²) in [6.07, 6.45) is -3.23. The number of nitrogens with zero attached hydrogens (tertiary/aromatic N) is 1. The van der Waals surface area contributed by atoms with Crippen LogP contribution >= 0.6 is 0 Å². The van der Waals surface area contributed by atoms with Crippen LogP contribution in [0.15, 0.2) is 24.3 Å². The van der Waals surface area contributed by atoms with Gasteiger partial charge in [-0.15, -0.1) is 0 Å². The van der Waals surface area contributed by atoms with E-state index in [4.69, 9.17) is 5.11 Å². The van der Waals surface area contributed by atoms with Gasteiger partial charge in [0.2, 0.25) is 0 Å². The maximum Gasteiger partial charge on any atom is 0.323 e. The number of rotatable bonds is 4. The molecule has 0 aliphatic heterocycles. The zero-order valence-corrected chi connectivity index (χ0v) is 9.06. The summed E-state index contributed by atoms with van der Waals surface area (Å²) in [6.45, 7) is 1.01. The molecule has 0 atom stereocenters. The van der Waals surface area contributed by atoms with Gasteiger partial charge in [0.15, 0.2) is 0 Å². The van der Waals surface area contributed by atoms with E-state index in [1.54, 1.807) is 19.1 Å². The topological polar surface area (TPSA) is 57.6 Å². The van der Waals surface area contributed by atoms with Crippen LogP contribution in [0, 0.1) is 6.92 Å². The molecule has 92 valence electrons. The zero-order chi connectivity index (χ0) is 13.0. The maximum atomic E-state index is 12.3. The van der Waals surface area contributed by atoms with Crippen LogP contribution < -0.4 is 4.90 Å². The third kappa shape index (κ3) is 3.51. The van der Waals surface area contributed by atoms with E-state index < -0.39 is 24.8 Å². The lowest BCUT2D eigenvalue weighted by molar-refractivity contribution is -0.138. The highest BCUT2D eigenvalue weighted by atomic mass is 19.3. The molecule has 0 spiro atoms. The third-order valence-electron chi connectivity index (χ3n) is 2.09. The molecule has 0 radical (unpaired) electrons. The molecule has 0 aliphatic rings. The van der Waals surface area contributed by atoms with Crippen LogP contribution in [0.5, 0.6) is 0 Å².